The number of hydrogen-bond acceptors (Lipinski definition) is 13. The monoisotopic (exact) mass is 878 g/mol. The summed E-state index contributed by atoms with van der Waals surface area (Å²) in [5.74, 6) is 1.15. The summed E-state index contributed by atoms with van der Waals surface area (Å²) in [5, 5.41) is 17.9. The quantitative estimate of drug-likeness (QED) is 0.0341. The molecule has 2 saturated heterocycles. The molecule has 15 nitrogen and oxygen atoms in total. The molecule has 2 fully saturated rings. The Kier molecular flexibility index (Phi) is 13.6. The molecule has 0 atom stereocenters. The van der Waals surface area contributed by atoms with Crippen molar-refractivity contribution >= 4 is 55.6 Å². The molecular formula is C45H47ClN8O7S. The Balaban J connectivity index is 0.958. The summed E-state index contributed by atoms with van der Waals surface area (Å²) in [6, 6.07) is 26.2. The van der Waals surface area contributed by atoms with E-state index in [1.165, 1.54) is 24.4 Å². The van der Waals surface area contributed by atoms with Crippen LogP contribution in [0.3, 0.4) is 0 Å². The van der Waals surface area contributed by atoms with Crippen molar-refractivity contribution in [3.8, 4) is 28.4 Å². The number of aromatic amines is 1. The minimum atomic E-state index is -4.45. The number of hydrogen-bond donors (Lipinski definition) is 6. The van der Waals surface area contributed by atoms with Gasteiger partial charge in [0.25, 0.3) is 15.9 Å². The molecule has 4 heterocycles. The van der Waals surface area contributed by atoms with E-state index in [1.807, 2.05) is 42.5 Å². The fourth-order valence-corrected chi connectivity index (χ4v) is 8.43. The summed E-state index contributed by atoms with van der Waals surface area (Å²) in [6.07, 6.45) is 5.02. The fraction of sp³-hybridized carbons (Fsp3) is 0.289. The molecule has 0 bridgehead atoms. The molecule has 62 heavy (non-hydrogen) atoms. The zero-order chi connectivity index (χ0) is 42.9. The van der Waals surface area contributed by atoms with Gasteiger partial charge >= 0.3 is 0 Å². The number of H-pyrrole nitrogens is 1. The Morgan fingerprint density at radius 2 is 1.76 bits per heavy atom. The topological polar surface area (TPSA) is 197 Å². The van der Waals surface area contributed by atoms with Crippen LogP contribution in [-0.2, 0) is 21.3 Å². The van der Waals surface area contributed by atoms with Crippen LogP contribution in [0.1, 0.15) is 28.8 Å². The summed E-state index contributed by atoms with van der Waals surface area (Å²) in [7, 11) is -4.45. The van der Waals surface area contributed by atoms with Crippen molar-refractivity contribution in [2.45, 2.75) is 24.3 Å². The Labute approximate surface area is 364 Å². The van der Waals surface area contributed by atoms with Crippen LogP contribution >= 0.6 is 11.6 Å². The van der Waals surface area contributed by atoms with E-state index in [0.29, 0.717) is 85.6 Å². The number of rotatable bonds is 19. The van der Waals surface area contributed by atoms with Gasteiger partial charge in [-0.05, 0) is 95.7 Å². The average Bonchev–Trinajstić information content (AvgIpc) is 3.74. The fourth-order valence-electron chi connectivity index (χ4n) is 7.32. The number of carbonyl (C=O) groups excluding carboxylic acids is 1. The number of pyridine rings is 1. The first-order valence-electron chi connectivity index (χ1n) is 20.5. The predicted molar refractivity (Wildman–Crippen MR) is 240 cm³/mol. The molecule has 0 saturated carbocycles. The Morgan fingerprint density at radius 1 is 0.919 bits per heavy atom. The van der Waals surface area contributed by atoms with Crippen molar-refractivity contribution < 1.29 is 27.4 Å². The second kappa shape index (κ2) is 19.8. The molecule has 17 heteroatoms. The average molecular weight is 879 g/mol. The normalized spacial score (nSPS) is 14.5. The van der Waals surface area contributed by atoms with Crippen LogP contribution in [0, 0.1) is 16.7 Å². The van der Waals surface area contributed by atoms with E-state index in [-0.39, 0.29) is 21.9 Å². The van der Waals surface area contributed by atoms with Crippen molar-refractivity contribution in [1.82, 2.24) is 25.3 Å². The summed E-state index contributed by atoms with van der Waals surface area (Å²) in [4.78, 5) is 32.7. The van der Waals surface area contributed by atoms with E-state index in [4.69, 9.17) is 25.8 Å². The molecule has 2 aromatic heterocycles. The maximum atomic E-state index is 13.8. The number of amides is 1. The first kappa shape index (κ1) is 42.6. The number of carbonyl (C=O) groups is 1. The molecule has 2 aliphatic heterocycles. The van der Waals surface area contributed by atoms with Crippen LogP contribution in [0.2, 0.25) is 5.02 Å². The number of ether oxygens (including phenoxy) is 3. The lowest BCUT2D eigenvalue weighted by molar-refractivity contribution is 0.0699. The van der Waals surface area contributed by atoms with Crippen molar-refractivity contribution in [2.24, 2.45) is 17.0 Å². The van der Waals surface area contributed by atoms with Gasteiger partial charge in [-0.3, -0.25) is 4.79 Å². The SMILES string of the molecule is O=Nc1cc(S(=O)(=O)NC(=O)c2ccc(NCCNCc3c(OCC4CNC4)cccc3-c3ccc(Cl)cc3)cc2Oc2cnc3[nH]ccc3c2)ccc1NCC1CCOCC1. The summed E-state index contributed by atoms with van der Waals surface area (Å²) in [6.45, 7) is 6.04. The number of halogens is 1. The predicted octanol–water partition coefficient (Wildman–Crippen LogP) is 7.83. The molecule has 0 aliphatic carbocycles. The van der Waals surface area contributed by atoms with Gasteiger partial charge < -0.3 is 40.5 Å². The number of fused-ring (bicyclic) bond motifs is 1. The molecule has 4 aromatic carbocycles. The van der Waals surface area contributed by atoms with Crippen LogP contribution in [-0.4, -0.2) is 76.8 Å². The molecule has 6 N–H and O–H groups in total. The van der Waals surface area contributed by atoms with Crippen molar-refractivity contribution in [1.29, 1.82) is 0 Å². The van der Waals surface area contributed by atoms with Crippen LogP contribution in [0.15, 0.2) is 113 Å². The summed E-state index contributed by atoms with van der Waals surface area (Å²) >= 11 is 6.20. The third-order valence-corrected chi connectivity index (χ3v) is 12.5. The van der Waals surface area contributed by atoms with Crippen molar-refractivity contribution in [2.75, 3.05) is 63.2 Å². The van der Waals surface area contributed by atoms with Gasteiger partial charge in [-0.25, -0.2) is 18.1 Å². The van der Waals surface area contributed by atoms with E-state index < -0.39 is 15.9 Å². The first-order chi connectivity index (χ1) is 30.2. The van der Waals surface area contributed by atoms with Gasteiger partial charge in [-0.15, -0.1) is 4.91 Å². The molecule has 0 unspecified atom stereocenters. The number of benzene rings is 4. The van der Waals surface area contributed by atoms with E-state index in [0.717, 1.165) is 59.8 Å². The highest BCUT2D eigenvalue weighted by molar-refractivity contribution is 7.90. The second-order valence-electron chi connectivity index (χ2n) is 15.3. The van der Waals surface area contributed by atoms with Crippen LogP contribution in [0.25, 0.3) is 22.2 Å². The Bertz CT molecular complexity index is 2630. The number of nitrogens with zero attached hydrogens (tertiary/aromatic N) is 2. The molecule has 322 valence electrons. The largest absolute Gasteiger partial charge is 0.493 e. The van der Waals surface area contributed by atoms with Gasteiger partial charge in [-0.1, -0.05) is 35.9 Å². The van der Waals surface area contributed by atoms with Crippen molar-refractivity contribution in [3.63, 3.8) is 0 Å². The van der Waals surface area contributed by atoms with Gasteiger partial charge in [0.1, 0.15) is 28.6 Å². The van der Waals surface area contributed by atoms with E-state index >= 15 is 0 Å². The summed E-state index contributed by atoms with van der Waals surface area (Å²) in [5.41, 5.74) is 4.67. The second-order valence-corrected chi connectivity index (χ2v) is 17.4. The Hall–Kier alpha value is -6.04. The van der Waals surface area contributed by atoms with Gasteiger partial charge in [0, 0.05) is 92.3 Å². The molecule has 1 amide bonds. The number of sulfonamides is 1. The third-order valence-electron chi connectivity index (χ3n) is 10.9. The minimum Gasteiger partial charge on any atom is -0.493 e. The highest BCUT2D eigenvalue weighted by Crippen LogP contribution is 2.34. The lowest BCUT2D eigenvalue weighted by Crippen LogP contribution is -2.45. The molecule has 6 aromatic rings. The first-order valence-corrected chi connectivity index (χ1v) is 22.4. The molecule has 2 aliphatic rings. The maximum absolute atomic E-state index is 13.8. The van der Waals surface area contributed by atoms with E-state index in [9.17, 15) is 18.1 Å². The van der Waals surface area contributed by atoms with E-state index in [1.54, 1.807) is 24.4 Å². The zero-order valence-corrected chi connectivity index (χ0v) is 35.4. The highest BCUT2D eigenvalue weighted by atomic mass is 35.5. The minimum absolute atomic E-state index is 0.0427. The third kappa shape index (κ3) is 10.5. The van der Waals surface area contributed by atoms with Gasteiger partial charge in [0.05, 0.1) is 29.0 Å². The Morgan fingerprint density at radius 3 is 2.55 bits per heavy atom. The highest BCUT2D eigenvalue weighted by Gasteiger charge is 2.25. The lowest BCUT2D eigenvalue weighted by Gasteiger charge is -2.27. The number of anilines is 2. The van der Waals surface area contributed by atoms with Crippen LogP contribution < -0.4 is 35.5 Å². The van der Waals surface area contributed by atoms with Crippen LogP contribution in [0.5, 0.6) is 17.2 Å². The smallest absolute Gasteiger partial charge is 0.268 e. The summed E-state index contributed by atoms with van der Waals surface area (Å²) < 4.78 is 47.3. The van der Waals surface area contributed by atoms with Crippen molar-refractivity contribution in [3.05, 3.63) is 124 Å². The number of nitroso groups, excluding NO2 is 1. The van der Waals surface area contributed by atoms with Crippen LogP contribution in [0.4, 0.5) is 17.1 Å². The molecular weight excluding hydrogens is 832 g/mol. The van der Waals surface area contributed by atoms with E-state index in [2.05, 4.69) is 47.2 Å². The number of nitrogens with one attached hydrogen (secondary N) is 6. The molecule has 0 spiro atoms. The standard InChI is InChI=1S/C45H47ClN8O7S/c46-33-6-4-31(5-7-33)37-2-1-3-42(60-28-30-23-48-24-30)39(37)27-47-16-17-49-34-8-10-38(43(21-34)61-35-20-32-12-15-50-44(32)52-26-35)45(55)54-62(57,58)36-9-11-40(41(22-36)53-56)51-25-29-13-18-59-19-14-29/h1-12,15,20-22,26,29-30,47-49,51H,13-14,16-19,23-25,27-28H2,(H,50,52)(H,54,55). The molecule has 8 rings (SSSR count). The van der Waals surface area contributed by atoms with Gasteiger partial charge in [-0.2, -0.15) is 0 Å². The number of aromatic nitrogens is 2. The zero-order valence-electron chi connectivity index (χ0n) is 33.8. The van der Waals surface area contributed by atoms with Gasteiger partial charge in [0.2, 0.25) is 0 Å². The lowest BCUT2D eigenvalue weighted by atomic mass is 9.98. The van der Waals surface area contributed by atoms with Gasteiger partial charge in [0.15, 0.2) is 0 Å². The maximum Gasteiger partial charge on any atom is 0.268 e. The molecule has 0 radical (unpaired) electrons.